The van der Waals surface area contributed by atoms with Crippen molar-refractivity contribution in [3.63, 3.8) is 0 Å². The largest absolute Gasteiger partial charge is 0.477 e. The minimum atomic E-state index is -4.81. The van der Waals surface area contributed by atoms with Crippen molar-refractivity contribution in [3.8, 4) is 5.88 Å². The van der Waals surface area contributed by atoms with Crippen molar-refractivity contribution >= 4 is 11.9 Å². The molecule has 1 aromatic rings. The zero-order valence-corrected chi connectivity index (χ0v) is 15.8. The first kappa shape index (κ1) is 20.6. The molecule has 4 heterocycles. The van der Waals surface area contributed by atoms with Gasteiger partial charge in [-0.25, -0.2) is 4.79 Å². The number of urea groups is 1. The quantitative estimate of drug-likeness (QED) is 0.575. The molecule has 0 spiro atoms. The Kier molecular flexibility index (Phi) is 5.43. The first-order valence-corrected chi connectivity index (χ1v) is 9.52. The highest BCUT2D eigenvalue weighted by atomic mass is 19.4. The van der Waals surface area contributed by atoms with Crippen molar-refractivity contribution in [2.24, 2.45) is 5.92 Å². The topological polar surface area (TPSA) is 84.0 Å². The molecule has 2 atom stereocenters. The van der Waals surface area contributed by atoms with E-state index in [2.05, 4.69) is 10.3 Å². The van der Waals surface area contributed by atoms with E-state index in [4.69, 9.17) is 9.47 Å². The second-order valence-corrected chi connectivity index (χ2v) is 7.61. The summed E-state index contributed by atoms with van der Waals surface area (Å²) in [4.78, 5) is 30.6. The van der Waals surface area contributed by atoms with Crippen LogP contribution in [0.3, 0.4) is 0 Å². The molecule has 30 heavy (non-hydrogen) atoms. The fourth-order valence-corrected chi connectivity index (χ4v) is 3.82. The van der Waals surface area contributed by atoms with Gasteiger partial charge in [-0.2, -0.15) is 22.5 Å². The number of piperidine rings is 1. The number of nitrogens with zero attached hydrogens (tertiary/aromatic N) is 3. The van der Waals surface area contributed by atoms with Crippen LogP contribution in [0.15, 0.2) is 12.1 Å². The van der Waals surface area contributed by atoms with Gasteiger partial charge < -0.3 is 24.6 Å². The maximum atomic E-state index is 13.5. The number of hydrogen-bond acceptors (Lipinski definition) is 5. The van der Waals surface area contributed by atoms with E-state index in [-0.39, 0.29) is 49.1 Å². The van der Waals surface area contributed by atoms with E-state index in [0.29, 0.717) is 38.7 Å². The van der Waals surface area contributed by atoms with Crippen LogP contribution in [0.5, 0.6) is 5.88 Å². The van der Waals surface area contributed by atoms with Crippen molar-refractivity contribution < 1.29 is 36.6 Å². The zero-order chi connectivity index (χ0) is 21.5. The van der Waals surface area contributed by atoms with Crippen LogP contribution in [-0.4, -0.2) is 78.3 Å². The summed E-state index contributed by atoms with van der Waals surface area (Å²) in [5.74, 6) is -2.09. The van der Waals surface area contributed by atoms with Gasteiger partial charge in [-0.05, 0) is 12.5 Å². The molecule has 3 aliphatic heterocycles. The molecule has 1 aromatic heterocycles. The molecule has 0 aromatic carbocycles. The molecule has 3 saturated heterocycles. The van der Waals surface area contributed by atoms with Crippen molar-refractivity contribution in [2.45, 2.75) is 24.7 Å². The van der Waals surface area contributed by atoms with Gasteiger partial charge in [-0.1, -0.05) is 0 Å². The van der Waals surface area contributed by atoms with Crippen LogP contribution in [0.25, 0.3) is 0 Å². The second kappa shape index (κ2) is 7.89. The van der Waals surface area contributed by atoms with Gasteiger partial charge in [0, 0.05) is 38.2 Å². The molecule has 0 radical (unpaired) electrons. The van der Waals surface area contributed by atoms with E-state index in [1.807, 2.05) is 0 Å². The number of ether oxygens (including phenoxy) is 2. The summed E-state index contributed by atoms with van der Waals surface area (Å²) in [6.45, 7) is 1.88. The van der Waals surface area contributed by atoms with E-state index in [1.54, 1.807) is 9.80 Å². The van der Waals surface area contributed by atoms with Gasteiger partial charge in [-0.15, -0.1) is 0 Å². The zero-order valence-electron chi connectivity index (χ0n) is 15.8. The number of aromatic nitrogens is 1. The van der Waals surface area contributed by atoms with Crippen LogP contribution < -0.4 is 10.1 Å². The van der Waals surface area contributed by atoms with Gasteiger partial charge in [0.2, 0.25) is 17.7 Å². The Labute approximate surface area is 169 Å². The number of amides is 3. The second-order valence-electron chi connectivity index (χ2n) is 7.61. The number of fused-ring (bicyclic) bond motifs is 1. The summed E-state index contributed by atoms with van der Waals surface area (Å²) in [6, 6.07) is 1.19. The Morgan fingerprint density at radius 1 is 1.27 bits per heavy atom. The molecule has 3 amide bonds. The van der Waals surface area contributed by atoms with Crippen LogP contribution >= 0.6 is 0 Å². The van der Waals surface area contributed by atoms with E-state index in [0.717, 1.165) is 6.07 Å². The van der Waals surface area contributed by atoms with E-state index >= 15 is 0 Å². The fourth-order valence-electron chi connectivity index (χ4n) is 3.82. The molecular formula is C18H20F4N4O4. The molecule has 0 unspecified atom stereocenters. The van der Waals surface area contributed by atoms with Crippen LogP contribution in [0, 0.1) is 11.9 Å². The number of halogens is 4. The Balaban J connectivity index is 1.23. The predicted octanol–water partition coefficient (Wildman–Crippen LogP) is 1.26. The molecule has 0 bridgehead atoms. The van der Waals surface area contributed by atoms with Crippen LogP contribution in [0.2, 0.25) is 0 Å². The molecule has 8 nitrogen and oxygen atoms in total. The lowest BCUT2D eigenvalue weighted by Crippen LogP contribution is -2.64. The minimum absolute atomic E-state index is 0.0311. The number of carbonyl (C=O) groups excluding carboxylic acids is 2. The SMILES string of the molecule is O=C1CO[C@H]2CCN(C(=O)N3CC(COc4ccc(C(F)(F)F)c(F)n4)C3)C[C@H]2N1. The Morgan fingerprint density at radius 2 is 2.03 bits per heavy atom. The third-order valence-corrected chi connectivity index (χ3v) is 5.42. The molecule has 1 N–H and O–H groups in total. The number of hydrogen-bond donors (Lipinski definition) is 1. The average Bonchev–Trinajstić information content (AvgIpc) is 2.65. The molecule has 0 saturated carbocycles. The number of pyridine rings is 1. The number of morpholine rings is 1. The van der Waals surface area contributed by atoms with Gasteiger partial charge in [-0.3, -0.25) is 4.79 Å². The smallest absolute Gasteiger partial charge is 0.420 e. The van der Waals surface area contributed by atoms with Crippen LogP contribution in [-0.2, 0) is 15.7 Å². The average molecular weight is 432 g/mol. The number of rotatable bonds is 3. The van der Waals surface area contributed by atoms with Crippen molar-refractivity contribution in [1.82, 2.24) is 20.1 Å². The molecule has 0 aliphatic carbocycles. The molecule has 164 valence electrons. The minimum Gasteiger partial charge on any atom is -0.477 e. The first-order valence-electron chi connectivity index (χ1n) is 9.52. The van der Waals surface area contributed by atoms with Crippen LogP contribution in [0.4, 0.5) is 22.4 Å². The van der Waals surface area contributed by atoms with E-state index in [9.17, 15) is 27.2 Å². The summed E-state index contributed by atoms with van der Waals surface area (Å²) in [5, 5.41) is 2.84. The van der Waals surface area contributed by atoms with Gasteiger partial charge in [0.15, 0.2) is 0 Å². The lowest BCUT2D eigenvalue weighted by molar-refractivity contribution is -0.141. The number of carbonyl (C=O) groups is 2. The molecular weight excluding hydrogens is 412 g/mol. The summed E-state index contributed by atoms with van der Waals surface area (Å²) in [7, 11) is 0. The van der Waals surface area contributed by atoms with Gasteiger partial charge in [0.05, 0.1) is 18.8 Å². The van der Waals surface area contributed by atoms with Crippen LogP contribution in [0.1, 0.15) is 12.0 Å². The van der Waals surface area contributed by atoms with E-state index < -0.39 is 17.7 Å². The number of likely N-dealkylation sites (tertiary alicyclic amines) is 2. The molecule has 3 aliphatic rings. The molecule has 3 fully saturated rings. The predicted molar refractivity (Wildman–Crippen MR) is 93.0 cm³/mol. The monoisotopic (exact) mass is 432 g/mol. The van der Waals surface area contributed by atoms with Gasteiger partial charge in [0.25, 0.3) is 0 Å². The summed E-state index contributed by atoms with van der Waals surface area (Å²) < 4.78 is 61.9. The Morgan fingerprint density at radius 3 is 2.73 bits per heavy atom. The maximum absolute atomic E-state index is 13.5. The van der Waals surface area contributed by atoms with E-state index in [1.165, 1.54) is 0 Å². The van der Waals surface area contributed by atoms with Gasteiger partial charge in [0.1, 0.15) is 12.2 Å². The normalized spacial score (nSPS) is 24.7. The maximum Gasteiger partial charge on any atom is 0.420 e. The summed E-state index contributed by atoms with van der Waals surface area (Å²) in [6.07, 6.45) is -4.26. The Bertz CT molecular complexity index is 831. The summed E-state index contributed by atoms with van der Waals surface area (Å²) >= 11 is 0. The third-order valence-electron chi connectivity index (χ3n) is 5.42. The first-order chi connectivity index (χ1) is 14.2. The van der Waals surface area contributed by atoms with Crippen molar-refractivity contribution in [3.05, 3.63) is 23.6 Å². The molecule has 12 heteroatoms. The van der Waals surface area contributed by atoms with Crippen molar-refractivity contribution in [1.29, 1.82) is 0 Å². The fraction of sp³-hybridized carbons (Fsp3) is 0.611. The number of nitrogens with one attached hydrogen (secondary N) is 1. The lowest BCUT2D eigenvalue weighted by atomic mass is 9.99. The standard InChI is InChI=1S/C18H20F4N4O4/c19-16-11(18(20,21)22)1-2-15(24-16)30-8-10-5-26(6-10)17(28)25-4-3-13-12(7-25)23-14(27)9-29-13/h1-2,10,12-13H,3-9H2,(H,23,27)/t12-,13+/m1/s1. The highest BCUT2D eigenvalue weighted by Gasteiger charge is 2.40. The highest BCUT2D eigenvalue weighted by Crippen LogP contribution is 2.31. The lowest BCUT2D eigenvalue weighted by Gasteiger charge is -2.46. The summed E-state index contributed by atoms with van der Waals surface area (Å²) in [5.41, 5.74) is -1.45. The third kappa shape index (κ3) is 4.27. The van der Waals surface area contributed by atoms with Gasteiger partial charge >= 0.3 is 12.2 Å². The molecule has 4 rings (SSSR count). The number of alkyl halides is 3. The highest BCUT2D eigenvalue weighted by molar-refractivity contribution is 5.79. The van der Waals surface area contributed by atoms with Crippen molar-refractivity contribution in [2.75, 3.05) is 39.4 Å². The Hall–Kier alpha value is -2.63.